The molecule has 0 aromatic rings. The molecule has 0 saturated carbocycles. The molecule has 0 aromatic carbocycles. The second-order valence-corrected chi connectivity index (χ2v) is 1.47. The molecule has 42 valence electrons. The Kier molecular flexibility index (Phi) is 3.42. The summed E-state index contributed by atoms with van der Waals surface area (Å²) in [6.45, 7) is 1.67. The fraction of sp³-hybridized carbons (Fsp3) is 0.600. The molecule has 0 aliphatic heterocycles. The number of rotatable bonds is 2. The lowest BCUT2D eigenvalue weighted by Gasteiger charge is -1.93. The first-order valence-corrected chi connectivity index (χ1v) is 2.24. The predicted molar refractivity (Wildman–Crippen MR) is 28.1 cm³/mol. The molecule has 0 bridgehead atoms. The molecule has 0 heterocycles. The highest BCUT2D eigenvalue weighted by Crippen LogP contribution is 1.87. The van der Waals surface area contributed by atoms with Crippen LogP contribution in [0.2, 0.25) is 0 Å². The number of hydrogen-bond acceptors (Lipinski definition) is 2. The van der Waals surface area contributed by atoms with E-state index in [9.17, 15) is 0 Å². The van der Waals surface area contributed by atoms with E-state index in [4.69, 9.17) is 10.2 Å². The fourth-order valence-corrected chi connectivity index (χ4v) is 0.258. The largest absolute Gasteiger partial charge is 0.516 e. The minimum absolute atomic E-state index is 0.344. The van der Waals surface area contributed by atoms with Crippen LogP contribution < -0.4 is 0 Å². The highest BCUT2D eigenvalue weighted by molar-refractivity contribution is 4.73. The smallest absolute Gasteiger partial charge is 0.0752 e. The summed E-state index contributed by atoms with van der Waals surface area (Å²) in [7, 11) is 0. The van der Waals surface area contributed by atoms with Gasteiger partial charge in [-0.3, -0.25) is 0 Å². The molecule has 0 rings (SSSR count). The van der Waals surface area contributed by atoms with E-state index in [0.717, 1.165) is 6.26 Å². The first-order valence-electron chi connectivity index (χ1n) is 2.24. The zero-order chi connectivity index (χ0) is 5.70. The zero-order valence-corrected chi connectivity index (χ0v) is 4.33. The van der Waals surface area contributed by atoms with Gasteiger partial charge in [0.25, 0.3) is 0 Å². The molecule has 2 heteroatoms. The van der Waals surface area contributed by atoms with E-state index in [0.29, 0.717) is 6.42 Å². The van der Waals surface area contributed by atoms with Crippen LogP contribution in [0.15, 0.2) is 12.3 Å². The average molecular weight is 102 g/mol. The maximum atomic E-state index is 8.52. The summed E-state index contributed by atoms with van der Waals surface area (Å²) in [4.78, 5) is 0. The van der Waals surface area contributed by atoms with E-state index in [1.54, 1.807) is 6.92 Å². The summed E-state index contributed by atoms with van der Waals surface area (Å²) in [6, 6.07) is 0. The van der Waals surface area contributed by atoms with Crippen LogP contribution in [0.4, 0.5) is 0 Å². The first kappa shape index (κ1) is 6.50. The van der Waals surface area contributed by atoms with E-state index in [2.05, 4.69) is 0 Å². The lowest BCUT2D eigenvalue weighted by atomic mass is 10.3. The quantitative estimate of drug-likeness (QED) is 0.507. The standard InChI is InChI=1S/C5H10O2/c1-5(7)3-2-4-6/h2,4-7H,3H2,1H3. The molecule has 1 unspecified atom stereocenters. The molecule has 7 heavy (non-hydrogen) atoms. The third kappa shape index (κ3) is 5.50. The summed E-state index contributed by atoms with van der Waals surface area (Å²) >= 11 is 0. The van der Waals surface area contributed by atoms with Gasteiger partial charge in [-0.1, -0.05) is 0 Å². The van der Waals surface area contributed by atoms with Gasteiger partial charge in [-0.05, 0) is 19.4 Å². The molecule has 0 saturated heterocycles. The van der Waals surface area contributed by atoms with Gasteiger partial charge in [-0.25, -0.2) is 0 Å². The lowest BCUT2D eigenvalue weighted by Crippen LogP contribution is -1.94. The van der Waals surface area contributed by atoms with Crippen LogP contribution in [0.25, 0.3) is 0 Å². The van der Waals surface area contributed by atoms with Gasteiger partial charge in [0.15, 0.2) is 0 Å². The second-order valence-electron chi connectivity index (χ2n) is 1.47. The van der Waals surface area contributed by atoms with Crippen LogP contribution in [0.3, 0.4) is 0 Å². The van der Waals surface area contributed by atoms with Gasteiger partial charge in [0.2, 0.25) is 0 Å². The van der Waals surface area contributed by atoms with Crippen LogP contribution in [0.5, 0.6) is 0 Å². The van der Waals surface area contributed by atoms with Gasteiger partial charge in [0.05, 0.1) is 12.4 Å². The third-order valence-electron chi connectivity index (χ3n) is 0.583. The van der Waals surface area contributed by atoms with Crippen molar-refractivity contribution >= 4 is 0 Å². The van der Waals surface area contributed by atoms with Gasteiger partial charge in [0, 0.05) is 0 Å². The minimum atomic E-state index is -0.344. The van der Waals surface area contributed by atoms with Crippen molar-refractivity contribution in [2.45, 2.75) is 19.4 Å². The van der Waals surface area contributed by atoms with E-state index < -0.39 is 0 Å². The predicted octanol–water partition coefficient (Wildman–Crippen LogP) is 0.829. The van der Waals surface area contributed by atoms with Gasteiger partial charge in [0.1, 0.15) is 0 Å². The van der Waals surface area contributed by atoms with Crippen LogP contribution >= 0.6 is 0 Å². The summed E-state index contributed by atoms with van der Waals surface area (Å²) in [5.74, 6) is 0. The van der Waals surface area contributed by atoms with Crippen LogP contribution in [-0.2, 0) is 0 Å². The Balaban J connectivity index is 2.97. The summed E-state index contributed by atoms with van der Waals surface area (Å²) in [5, 5.41) is 16.5. The SMILES string of the molecule is CC(O)CC=CO. The molecule has 0 amide bonds. The minimum Gasteiger partial charge on any atom is -0.516 e. The Bertz CT molecular complexity index is 57.1. The van der Waals surface area contributed by atoms with Gasteiger partial charge < -0.3 is 10.2 Å². The Morgan fingerprint density at radius 1 is 1.71 bits per heavy atom. The van der Waals surface area contributed by atoms with Gasteiger partial charge in [-0.15, -0.1) is 0 Å². The highest BCUT2D eigenvalue weighted by atomic mass is 16.3. The molecular weight excluding hydrogens is 92.1 g/mol. The Labute approximate surface area is 43.1 Å². The number of aliphatic hydroxyl groups is 2. The molecule has 0 fully saturated rings. The van der Waals surface area contributed by atoms with Crippen molar-refractivity contribution < 1.29 is 10.2 Å². The maximum absolute atomic E-state index is 8.52. The maximum Gasteiger partial charge on any atom is 0.0752 e. The molecule has 0 aliphatic carbocycles. The first-order chi connectivity index (χ1) is 3.27. The molecule has 0 spiro atoms. The molecule has 0 aromatic heterocycles. The monoisotopic (exact) mass is 102 g/mol. The van der Waals surface area contributed by atoms with E-state index in [1.165, 1.54) is 6.08 Å². The van der Waals surface area contributed by atoms with Crippen molar-refractivity contribution in [3.63, 3.8) is 0 Å². The zero-order valence-electron chi connectivity index (χ0n) is 4.33. The average Bonchev–Trinajstić information content (AvgIpc) is 1.61. The van der Waals surface area contributed by atoms with Gasteiger partial charge in [-0.2, -0.15) is 0 Å². The molecular formula is C5H10O2. The number of hydrogen-bond donors (Lipinski definition) is 2. The van der Waals surface area contributed by atoms with Crippen molar-refractivity contribution in [1.82, 2.24) is 0 Å². The second kappa shape index (κ2) is 3.68. The van der Waals surface area contributed by atoms with Crippen molar-refractivity contribution in [2.75, 3.05) is 0 Å². The van der Waals surface area contributed by atoms with E-state index >= 15 is 0 Å². The van der Waals surface area contributed by atoms with E-state index in [1.807, 2.05) is 0 Å². The van der Waals surface area contributed by atoms with Crippen molar-refractivity contribution in [3.8, 4) is 0 Å². The molecule has 0 radical (unpaired) electrons. The highest BCUT2D eigenvalue weighted by Gasteiger charge is 1.86. The van der Waals surface area contributed by atoms with Gasteiger partial charge >= 0.3 is 0 Å². The van der Waals surface area contributed by atoms with Crippen molar-refractivity contribution in [1.29, 1.82) is 0 Å². The Hall–Kier alpha value is -0.500. The van der Waals surface area contributed by atoms with Crippen LogP contribution in [0, 0.1) is 0 Å². The Morgan fingerprint density at radius 2 is 2.29 bits per heavy atom. The summed E-state index contributed by atoms with van der Waals surface area (Å²) in [5.41, 5.74) is 0. The van der Waals surface area contributed by atoms with Crippen molar-refractivity contribution in [2.24, 2.45) is 0 Å². The lowest BCUT2D eigenvalue weighted by molar-refractivity contribution is 0.197. The molecule has 2 nitrogen and oxygen atoms in total. The molecule has 1 atom stereocenters. The van der Waals surface area contributed by atoms with Crippen LogP contribution in [0.1, 0.15) is 13.3 Å². The topological polar surface area (TPSA) is 40.5 Å². The Morgan fingerprint density at radius 3 is 2.43 bits per heavy atom. The molecule has 2 N–H and O–H groups in total. The third-order valence-corrected chi connectivity index (χ3v) is 0.583. The van der Waals surface area contributed by atoms with Crippen molar-refractivity contribution in [3.05, 3.63) is 12.3 Å². The van der Waals surface area contributed by atoms with E-state index in [-0.39, 0.29) is 6.10 Å². The normalized spacial score (nSPS) is 15.1. The fourth-order valence-electron chi connectivity index (χ4n) is 0.258. The number of aliphatic hydroxyl groups excluding tert-OH is 2. The summed E-state index contributed by atoms with van der Waals surface area (Å²) in [6.07, 6.45) is 2.62. The molecule has 0 aliphatic rings. The van der Waals surface area contributed by atoms with Crippen LogP contribution in [-0.4, -0.2) is 16.3 Å². The summed E-state index contributed by atoms with van der Waals surface area (Å²) < 4.78 is 0.